The highest BCUT2D eigenvalue weighted by Gasteiger charge is 2.19. The predicted octanol–water partition coefficient (Wildman–Crippen LogP) is 4.27. The average Bonchev–Trinajstić information content (AvgIpc) is 2.83. The first-order chi connectivity index (χ1) is 16.1. The number of nitrogens with zero attached hydrogens (tertiary/aromatic N) is 2. The summed E-state index contributed by atoms with van der Waals surface area (Å²) in [6.45, 7) is 15.8. The molecule has 0 unspecified atom stereocenters. The number of rotatable bonds is 11. The molecule has 2 aromatic carbocycles. The van der Waals surface area contributed by atoms with E-state index in [9.17, 15) is 4.79 Å². The summed E-state index contributed by atoms with van der Waals surface area (Å²) in [5.41, 5.74) is 2.46. The van der Waals surface area contributed by atoms with Crippen molar-refractivity contribution in [3.05, 3.63) is 47.5 Å². The van der Waals surface area contributed by atoms with Crippen LogP contribution in [-0.2, 0) is 6.54 Å². The summed E-state index contributed by atoms with van der Waals surface area (Å²) >= 11 is 0. The van der Waals surface area contributed by atoms with E-state index < -0.39 is 0 Å². The first-order valence-electron chi connectivity index (χ1n) is 12.0. The minimum absolute atomic E-state index is 0.219. The zero-order valence-corrected chi connectivity index (χ0v) is 20.4. The van der Waals surface area contributed by atoms with E-state index in [2.05, 4.69) is 34.2 Å². The highest BCUT2D eigenvalue weighted by atomic mass is 16.5. The van der Waals surface area contributed by atoms with Gasteiger partial charge in [0.1, 0.15) is 0 Å². The molecule has 2 aromatic rings. The Labute approximate surface area is 197 Å². The number of hydrogen-bond donors (Lipinski definition) is 1. The number of amides is 1. The van der Waals surface area contributed by atoms with Crippen LogP contribution < -0.4 is 19.5 Å². The summed E-state index contributed by atoms with van der Waals surface area (Å²) in [5, 5.41) is 2.98. The van der Waals surface area contributed by atoms with Gasteiger partial charge in [0.05, 0.1) is 19.8 Å². The Bertz CT molecular complexity index is 866. The molecule has 1 aliphatic rings. The molecular weight excluding hydrogens is 418 g/mol. The number of piperazine rings is 1. The van der Waals surface area contributed by atoms with Crippen molar-refractivity contribution in [2.24, 2.45) is 0 Å². The van der Waals surface area contributed by atoms with Crippen LogP contribution in [-0.4, -0.2) is 68.3 Å². The van der Waals surface area contributed by atoms with E-state index in [1.165, 1.54) is 5.56 Å². The number of likely N-dealkylation sites (N-methyl/N-ethyl adjacent to an activating group) is 1. The lowest BCUT2D eigenvalue weighted by Gasteiger charge is -2.34. The maximum atomic E-state index is 13.0. The van der Waals surface area contributed by atoms with Gasteiger partial charge in [-0.05, 0) is 57.1 Å². The van der Waals surface area contributed by atoms with E-state index in [1.807, 2.05) is 32.9 Å². The first-order valence-corrected chi connectivity index (χ1v) is 12.0. The molecule has 1 fully saturated rings. The third-order valence-electron chi connectivity index (χ3n) is 5.70. The molecule has 0 aliphatic carbocycles. The summed E-state index contributed by atoms with van der Waals surface area (Å²) in [6, 6.07) is 11.5. The second kappa shape index (κ2) is 12.5. The van der Waals surface area contributed by atoms with E-state index in [0.29, 0.717) is 42.6 Å². The van der Waals surface area contributed by atoms with Gasteiger partial charge in [-0.3, -0.25) is 9.69 Å². The fourth-order valence-corrected chi connectivity index (χ4v) is 3.94. The fourth-order valence-electron chi connectivity index (χ4n) is 3.94. The lowest BCUT2D eigenvalue weighted by atomic mass is 10.1. The van der Waals surface area contributed by atoms with Crippen molar-refractivity contribution in [2.75, 3.05) is 57.9 Å². The molecule has 1 heterocycles. The van der Waals surface area contributed by atoms with Crippen LogP contribution >= 0.6 is 0 Å². The fraction of sp³-hybridized carbons (Fsp3) is 0.500. The lowest BCUT2D eigenvalue weighted by molar-refractivity contribution is 0.102. The normalized spacial score (nSPS) is 14.7. The smallest absolute Gasteiger partial charge is 0.255 e. The quantitative estimate of drug-likeness (QED) is 0.546. The zero-order valence-electron chi connectivity index (χ0n) is 20.4. The molecule has 1 aliphatic heterocycles. The molecule has 180 valence electrons. The minimum atomic E-state index is -0.219. The second-order valence-corrected chi connectivity index (χ2v) is 7.96. The Hall–Kier alpha value is -2.77. The van der Waals surface area contributed by atoms with Crippen LogP contribution in [0.2, 0.25) is 0 Å². The largest absolute Gasteiger partial charge is 0.490 e. The Morgan fingerprint density at radius 3 is 1.88 bits per heavy atom. The number of ether oxygens (including phenoxy) is 3. The van der Waals surface area contributed by atoms with Crippen molar-refractivity contribution in [3.63, 3.8) is 0 Å². The molecule has 1 saturated heterocycles. The van der Waals surface area contributed by atoms with E-state index in [4.69, 9.17) is 14.2 Å². The van der Waals surface area contributed by atoms with Gasteiger partial charge in [0, 0.05) is 44.0 Å². The van der Waals surface area contributed by atoms with E-state index >= 15 is 0 Å². The van der Waals surface area contributed by atoms with Crippen molar-refractivity contribution in [1.82, 2.24) is 9.80 Å². The Kier molecular flexibility index (Phi) is 9.39. The third-order valence-corrected chi connectivity index (χ3v) is 5.70. The summed E-state index contributed by atoms with van der Waals surface area (Å²) in [4.78, 5) is 17.9. The Balaban J connectivity index is 1.67. The number of carbonyl (C=O) groups excluding carboxylic acids is 1. The van der Waals surface area contributed by atoms with Gasteiger partial charge >= 0.3 is 0 Å². The molecule has 33 heavy (non-hydrogen) atoms. The van der Waals surface area contributed by atoms with Crippen LogP contribution in [0.15, 0.2) is 36.4 Å². The second-order valence-electron chi connectivity index (χ2n) is 7.96. The molecule has 0 radical (unpaired) electrons. The topological polar surface area (TPSA) is 63.3 Å². The molecular formula is C26H37N3O4. The van der Waals surface area contributed by atoms with Crippen molar-refractivity contribution < 1.29 is 19.0 Å². The predicted molar refractivity (Wildman–Crippen MR) is 132 cm³/mol. The minimum Gasteiger partial charge on any atom is -0.490 e. The van der Waals surface area contributed by atoms with Gasteiger partial charge in [-0.15, -0.1) is 0 Å². The van der Waals surface area contributed by atoms with Gasteiger partial charge in [0.2, 0.25) is 5.75 Å². The van der Waals surface area contributed by atoms with Crippen molar-refractivity contribution in [1.29, 1.82) is 0 Å². The molecule has 7 heteroatoms. The van der Waals surface area contributed by atoms with Gasteiger partial charge in [0.25, 0.3) is 5.91 Å². The first kappa shape index (κ1) is 24.9. The summed E-state index contributed by atoms with van der Waals surface area (Å²) in [6.07, 6.45) is 0. The van der Waals surface area contributed by atoms with Gasteiger partial charge in [0.15, 0.2) is 11.5 Å². The van der Waals surface area contributed by atoms with Gasteiger partial charge in [-0.1, -0.05) is 19.1 Å². The highest BCUT2D eigenvalue weighted by Crippen LogP contribution is 2.39. The highest BCUT2D eigenvalue weighted by molar-refractivity contribution is 6.05. The summed E-state index contributed by atoms with van der Waals surface area (Å²) < 4.78 is 17.2. The van der Waals surface area contributed by atoms with Crippen LogP contribution in [0.5, 0.6) is 17.2 Å². The van der Waals surface area contributed by atoms with Gasteiger partial charge in [-0.2, -0.15) is 0 Å². The van der Waals surface area contributed by atoms with E-state index in [1.54, 1.807) is 12.1 Å². The van der Waals surface area contributed by atoms with Crippen molar-refractivity contribution in [3.8, 4) is 17.2 Å². The number of benzene rings is 2. The molecule has 0 bridgehead atoms. The number of anilines is 1. The maximum absolute atomic E-state index is 13.0. The number of carbonyl (C=O) groups is 1. The van der Waals surface area contributed by atoms with Crippen LogP contribution in [0.25, 0.3) is 0 Å². The monoisotopic (exact) mass is 455 g/mol. The lowest BCUT2D eigenvalue weighted by Crippen LogP contribution is -2.45. The van der Waals surface area contributed by atoms with Crippen LogP contribution in [0.1, 0.15) is 43.6 Å². The molecule has 1 amide bonds. The Morgan fingerprint density at radius 2 is 1.36 bits per heavy atom. The maximum Gasteiger partial charge on any atom is 0.255 e. The summed E-state index contributed by atoms with van der Waals surface area (Å²) in [5.74, 6) is 1.33. The Morgan fingerprint density at radius 1 is 0.818 bits per heavy atom. The molecule has 7 nitrogen and oxygen atoms in total. The van der Waals surface area contributed by atoms with Crippen LogP contribution in [0, 0.1) is 0 Å². The molecule has 0 atom stereocenters. The number of hydrogen-bond acceptors (Lipinski definition) is 6. The van der Waals surface area contributed by atoms with E-state index in [-0.39, 0.29) is 5.91 Å². The van der Waals surface area contributed by atoms with Gasteiger partial charge < -0.3 is 24.4 Å². The van der Waals surface area contributed by atoms with Crippen molar-refractivity contribution in [2.45, 2.75) is 34.2 Å². The van der Waals surface area contributed by atoms with Gasteiger partial charge in [-0.25, -0.2) is 0 Å². The zero-order chi connectivity index (χ0) is 23.6. The van der Waals surface area contributed by atoms with Crippen LogP contribution in [0.4, 0.5) is 5.69 Å². The van der Waals surface area contributed by atoms with Crippen molar-refractivity contribution >= 4 is 11.6 Å². The molecule has 0 saturated carbocycles. The molecule has 1 N–H and O–H groups in total. The van der Waals surface area contributed by atoms with E-state index in [0.717, 1.165) is 45.0 Å². The number of nitrogens with one attached hydrogen (secondary N) is 1. The molecule has 0 spiro atoms. The SMILES string of the molecule is CCOc1cc(C(=O)Nc2ccc(CN3CCN(CC)CC3)cc2)cc(OCC)c1OCC. The summed E-state index contributed by atoms with van der Waals surface area (Å²) in [7, 11) is 0. The standard InChI is InChI=1S/C26H37N3O4/c1-5-28-13-15-29(16-14-28)19-20-9-11-22(12-10-20)27-26(30)21-17-23(31-6-2)25(33-8-4)24(18-21)32-7-3/h9-12,17-18H,5-8,13-16,19H2,1-4H3,(H,27,30). The average molecular weight is 456 g/mol. The third kappa shape index (κ3) is 6.85. The molecule has 3 rings (SSSR count). The van der Waals surface area contributed by atoms with Crippen LogP contribution in [0.3, 0.4) is 0 Å². The molecule has 0 aromatic heterocycles.